The minimum atomic E-state index is -2.65. The van der Waals surface area contributed by atoms with E-state index in [1.807, 2.05) is 0 Å². The van der Waals surface area contributed by atoms with E-state index in [-0.39, 0.29) is 12.5 Å². The van der Waals surface area contributed by atoms with Crippen LogP contribution >= 0.6 is 0 Å². The topological polar surface area (TPSA) is 29.3 Å². The standard InChI is InChI=1S/C7H12F2N2/c8-7(9)4-11-2-1-5(3-11)6(7)10/h5-6H,1-4,10H2. The molecule has 11 heavy (non-hydrogen) atoms. The molecule has 0 spiro atoms. The van der Waals surface area contributed by atoms with Gasteiger partial charge in [0, 0.05) is 6.54 Å². The van der Waals surface area contributed by atoms with Crippen molar-refractivity contribution in [3.8, 4) is 0 Å². The van der Waals surface area contributed by atoms with Gasteiger partial charge < -0.3 is 5.73 Å². The van der Waals surface area contributed by atoms with Gasteiger partial charge in [-0.2, -0.15) is 0 Å². The van der Waals surface area contributed by atoms with Crippen LogP contribution in [0.15, 0.2) is 0 Å². The highest BCUT2D eigenvalue weighted by molar-refractivity contribution is 4.98. The third kappa shape index (κ3) is 1.05. The van der Waals surface area contributed by atoms with Gasteiger partial charge >= 0.3 is 0 Å². The van der Waals surface area contributed by atoms with Crippen molar-refractivity contribution >= 4 is 0 Å². The van der Waals surface area contributed by atoms with Gasteiger partial charge in [-0.05, 0) is 18.9 Å². The molecule has 0 aromatic heterocycles. The fraction of sp³-hybridized carbons (Fsp3) is 1.00. The highest BCUT2D eigenvalue weighted by Gasteiger charge is 2.50. The molecule has 0 aromatic rings. The molecule has 3 atom stereocenters. The van der Waals surface area contributed by atoms with Gasteiger partial charge in [-0.25, -0.2) is 8.78 Å². The smallest absolute Gasteiger partial charge is 0.275 e. The van der Waals surface area contributed by atoms with Crippen LogP contribution in [0.5, 0.6) is 0 Å². The molecule has 2 nitrogen and oxygen atoms in total. The molecule has 3 unspecified atom stereocenters. The number of hydrogen-bond acceptors (Lipinski definition) is 2. The summed E-state index contributed by atoms with van der Waals surface area (Å²) in [5, 5.41) is 0. The van der Waals surface area contributed by atoms with Crippen molar-refractivity contribution in [2.75, 3.05) is 19.6 Å². The Bertz CT molecular complexity index is 172. The molecule has 2 aliphatic heterocycles. The van der Waals surface area contributed by atoms with Gasteiger partial charge in [0.05, 0.1) is 12.6 Å². The van der Waals surface area contributed by atoms with Gasteiger partial charge in [-0.15, -0.1) is 0 Å². The van der Waals surface area contributed by atoms with Gasteiger partial charge in [0.1, 0.15) is 0 Å². The predicted octanol–water partition coefficient (Wildman–Crippen LogP) is 0.284. The van der Waals surface area contributed by atoms with Crippen LogP contribution in [0.25, 0.3) is 0 Å². The highest BCUT2D eigenvalue weighted by atomic mass is 19.3. The molecule has 0 saturated carbocycles. The highest BCUT2D eigenvalue weighted by Crippen LogP contribution is 2.35. The van der Waals surface area contributed by atoms with Crippen LogP contribution in [0.1, 0.15) is 6.42 Å². The quantitative estimate of drug-likeness (QED) is 0.554. The van der Waals surface area contributed by atoms with E-state index in [0.29, 0.717) is 0 Å². The lowest BCUT2D eigenvalue weighted by molar-refractivity contribution is -0.0798. The second-order valence-electron chi connectivity index (χ2n) is 3.57. The zero-order valence-electron chi connectivity index (χ0n) is 6.26. The summed E-state index contributed by atoms with van der Waals surface area (Å²) in [4.78, 5) is 1.80. The van der Waals surface area contributed by atoms with Gasteiger partial charge in [0.15, 0.2) is 0 Å². The van der Waals surface area contributed by atoms with Crippen molar-refractivity contribution in [2.45, 2.75) is 18.4 Å². The Kier molecular flexibility index (Phi) is 1.44. The van der Waals surface area contributed by atoms with Crippen LogP contribution in [-0.2, 0) is 0 Å². The van der Waals surface area contributed by atoms with Gasteiger partial charge in [-0.3, -0.25) is 4.90 Å². The summed E-state index contributed by atoms with van der Waals surface area (Å²) in [5.41, 5.74) is 5.42. The number of piperidine rings is 1. The Balaban J connectivity index is 2.18. The number of halogens is 2. The first-order valence-electron chi connectivity index (χ1n) is 3.95. The Morgan fingerprint density at radius 2 is 2.18 bits per heavy atom. The van der Waals surface area contributed by atoms with Crippen molar-refractivity contribution in [1.82, 2.24) is 4.90 Å². The van der Waals surface area contributed by atoms with Crippen LogP contribution in [0, 0.1) is 5.92 Å². The van der Waals surface area contributed by atoms with E-state index >= 15 is 0 Å². The molecule has 2 bridgehead atoms. The molecular weight excluding hydrogens is 150 g/mol. The van der Waals surface area contributed by atoms with Gasteiger partial charge in [-0.1, -0.05) is 0 Å². The summed E-state index contributed by atoms with van der Waals surface area (Å²) in [6, 6.07) is -0.902. The minimum absolute atomic E-state index is 0.0266. The van der Waals surface area contributed by atoms with Crippen LogP contribution in [0.3, 0.4) is 0 Å². The van der Waals surface area contributed by atoms with E-state index < -0.39 is 12.0 Å². The zero-order valence-corrected chi connectivity index (χ0v) is 6.26. The molecule has 4 heteroatoms. The number of hydrogen-bond donors (Lipinski definition) is 1. The second kappa shape index (κ2) is 2.14. The number of nitrogens with two attached hydrogens (primary N) is 1. The average Bonchev–Trinajstić information content (AvgIpc) is 2.29. The Morgan fingerprint density at radius 3 is 2.91 bits per heavy atom. The molecule has 0 aliphatic carbocycles. The zero-order chi connectivity index (χ0) is 8.06. The first-order valence-corrected chi connectivity index (χ1v) is 3.95. The van der Waals surface area contributed by atoms with E-state index in [1.54, 1.807) is 4.90 Å². The largest absolute Gasteiger partial charge is 0.322 e. The van der Waals surface area contributed by atoms with Crippen molar-refractivity contribution in [3.63, 3.8) is 0 Å². The first kappa shape index (κ1) is 7.43. The van der Waals surface area contributed by atoms with Crippen LogP contribution in [0.2, 0.25) is 0 Å². The molecular formula is C7H12F2N2. The lowest BCUT2D eigenvalue weighted by atomic mass is 9.92. The lowest BCUT2D eigenvalue weighted by Crippen LogP contribution is -2.56. The Morgan fingerprint density at radius 1 is 1.45 bits per heavy atom. The lowest BCUT2D eigenvalue weighted by Gasteiger charge is -2.35. The van der Waals surface area contributed by atoms with Gasteiger partial charge in [0.25, 0.3) is 5.92 Å². The number of nitrogens with zero attached hydrogens (tertiary/aromatic N) is 1. The molecule has 2 N–H and O–H groups in total. The molecule has 2 saturated heterocycles. The number of fused-ring (bicyclic) bond motifs is 2. The van der Waals surface area contributed by atoms with E-state index in [1.165, 1.54) is 0 Å². The molecule has 2 fully saturated rings. The maximum atomic E-state index is 13.0. The minimum Gasteiger partial charge on any atom is -0.322 e. The first-order chi connectivity index (χ1) is 5.09. The third-order valence-electron chi connectivity index (χ3n) is 2.74. The van der Waals surface area contributed by atoms with Crippen molar-refractivity contribution < 1.29 is 8.78 Å². The number of rotatable bonds is 0. The summed E-state index contributed by atoms with van der Waals surface area (Å²) < 4.78 is 25.9. The van der Waals surface area contributed by atoms with Crippen molar-refractivity contribution in [3.05, 3.63) is 0 Å². The predicted molar refractivity (Wildman–Crippen MR) is 37.5 cm³/mol. The van der Waals surface area contributed by atoms with Crippen molar-refractivity contribution in [1.29, 1.82) is 0 Å². The fourth-order valence-electron chi connectivity index (χ4n) is 2.05. The molecule has 2 rings (SSSR count). The molecule has 0 radical (unpaired) electrons. The summed E-state index contributed by atoms with van der Waals surface area (Å²) in [5.74, 6) is -2.63. The SMILES string of the molecule is NC1C2CCN(C2)CC1(F)F. The van der Waals surface area contributed by atoms with E-state index in [4.69, 9.17) is 5.73 Å². The summed E-state index contributed by atoms with van der Waals surface area (Å²) >= 11 is 0. The summed E-state index contributed by atoms with van der Waals surface area (Å²) in [6.45, 7) is 1.44. The molecule has 64 valence electrons. The molecule has 0 aromatic carbocycles. The van der Waals surface area contributed by atoms with Crippen LogP contribution in [-0.4, -0.2) is 36.5 Å². The molecule has 2 heterocycles. The summed E-state index contributed by atoms with van der Waals surface area (Å²) in [7, 11) is 0. The van der Waals surface area contributed by atoms with Gasteiger partial charge in [0.2, 0.25) is 0 Å². The Hall–Kier alpha value is -0.220. The second-order valence-corrected chi connectivity index (χ2v) is 3.57. The molecule has 0 amide bonds. The van der Waals surface area contributed by atoms with Crippen molar-refractivity contribution in [2.24, 2.45) is 11.7 Å². The van der Waals surface area contributed by atoms with Crippen LogP contribution < -0.4 is 5.73 Å². The van der Waals surface area contributed by atoms with E-state index in [0.717, 1.165) is 19.5 Å². The summed E-state index contributed by atoms with van der Waals surface area (Å²) in [6.07, 6.45) is 0.844. The van der Waals surface area contributed by atoms with Crippen LogP contribution in [0.4, 0.5) is 8.78 Å². The van der Waals surface area contributed by atoms with E-state index in [2.05, 4.69) is 0 Å². The fourth-order valence-corrected chi connectivity index (χ4v) is 2.05. The average molecular weight is 162 g/mol. The normalized spacial score (nSPS) is 47.7. The Labute approximate surface area is 64.3 Å². The number of alkyl halides is 2. The molecule has 2 aliphatic rings. The van der Waals surface area contributed by atoms with E-state index in [9.17, 15) is 8.78 Å². The monoisotopic (exact) mass is 162 g/mol. The maximum absolute atomic E-state index is 13.0. The third-order valence-corrected chi connectivity index (χ3v) is 2.74. The maximum Gasteiger partial charge on any atom is 0.275 e.